The highest BCUT2D eigenvalue weighted by Gasteiger charge is 2.15. The maximum Gasteiger partial charge on any atom is 0.193 e. The quantitative estimate of drug-likeness (QED) is 0.640. The highest BCUT2D eigenvalue weighted by molar-refractivity contribution is 7.85. The molecule has 0 aliphatic heterocycles. The Morgan fingerprint density at radius 1 is 1.00 bits per heavy atom. The summed E-state index contributed by atoms with van der Waals surface area (Å²) in [5, 5.41) is -1.17. The average Bonchev–Trinajstić information content (AvgIpc) is 2.46. The maximum absolute atomic E-state index is 12.2. The van der Waals surface area contributed by atoms with Gasteiger partial charge in [-0.25, -0.2) is 8.42 Å². The van der Waals surface area contributed by atoms with Crippen molar-refractivity contribution in [2.45, 2.75) is 12.2 Å². The molecule has 4 nitrogen and oxygen atoms in total. The van der Waals surface area contributed by atoms with Crippen molar-refractivity contribution in [3.8, 4) is 0 Å². The monoisotopic (exact) mass is 289 g/mol. The van der Waals surface area contributed by atoms with Crippen LogP contribution in [0.5, 0.6) is 0 Å². The van der Waals surface area contributed by atoms with E-state index in [4.69, 9.17) is 0 Å². The number of carbonyl (C=O) groups is 1. The van der Waals surface area contributed by atoms with Gasteiger partial charge in [-0.3, -0.25) is 4.79 Å². The largest absolute Gasteiger partial charge is 0.747 e. The molecule has 0 heterocycles. The van der Waals surface area contributed by atoms with Crippen LogP contribution in [0.1, 0.15) is 33.7 Å². The molecule has 1 atom stereocenters. The minimum Gasteiger partial charge on any atom is -0.747 e. The van der Waals surface area contributed by atoms with Gasteiger partial charge in [-0.05, 0) is 18.6 Å². The van der Waals surface area contributed by atoms with E-state index in [2.05, 4.69) is 0 Å². The Balaban J connectivity index is 2.38. The average molecular weight is 289 g/mol. The van der Waals surface area contributed by atoms with Crippen molar-refractivity contribution in [1.82, 2.24) is 0 Å². The third kappa shape index (κ3) is 3.12. The second-order valence-corrected chi connectivity index (χ2v) is 6.15. The second-order valence-electron chi connectivity index (χ2n) is 4.46. The van der Waals surface area contributed by atoms with Gasteiger partial charge in [0.05, 0.1) is 5.25 Å². The first kappa shape index (κ1) is 14.4. The van der Waals surface area contributed by atoms with E-state index in [1.54, 1.807) is 42.5 Å². The Kier molecular flexibility index (Phi) is 4.01. The van der Waals surface area contributed by atoms with Crippen molar-refractivity contribution in [3.63, 3.8) is 0 Å². The third-order valence-electron chi connectivity index (χ3n) is 3.09. The highest BCUT2D eigenvalue weighted by atomic mass is 32.2. The topological polar surface area (TPSA) is 74.3 Å². The Hall–Kier alpha value is -1.98. The molecule has 0 N–H and O–H groups in total. The number of carbonyl (C=O) groups excluding carboxylic acids is 1. The molecular weight excluding hydrogens is 276 g/mol. The third-order valence-corrected chi connectivity index (χ3v) is 4.23. The lowest BCUT2D eigenvalue weighted by Crippen LogP contribution is -2.10. The molecule has 1 unspecified atom stereocenters. The van der Waals surface area contributed by atoms with Crippen LogP contribution in [0.2, 0.25) is 0 Å². The van der Waals surface area contributed by atoms with Crippen molar-refractivity contribution in [2.75, 3.05) is 0 Å². The molecule has 0 aliphatic rings. The van der Waals surface area contributed by atoms with E-state index in [0.29, 0.717) is 16.7 Å². The van der Waals surface area contributed by atoms with Gasteiger partial charge in [-0.1, -0.05) is 48.5 Å². The molecule has 0 fully saturated rings. The van der Waals surface area contributed by atoms with Crippen LogP contribution in [0, 0.1) is 0 Å². The summed E-state index contributed by atoms with van der Waals surface area (Å²) in [5.74, 6) is -0.206. The molecule has 0 saturated heterocycles. The summed E-state index contributed by atoms with van der Waals surface area (Å²) in [7, 11) is -4.42. The van der Waals surface area contributed by atoms with Gasteiger partial charge < -0.3 is 4.55 Å². The molecule has 2 rings (SSSR count). The second kappa shape index (κ2) is 5.56. The fourth-order valence-corrected chi connectivity index (χ4v) is 2.34. The SMILES string of the molecule is CC(c1cccc(C(=O)c2ccccc2)c1)S(=O)(=O)[O-]. The van der Waals surface area contributed by atoms with Crippen molar-refractivity contribution in [2.24, 2.45) is 0 Å². The smallest absolute Gasteiger partial charge is 0.193 e. The van der Waals surface area contributed by atoms with E-state index < -0.39 is 15.4 Å². The van der Waals surface area contributed by atoms with Crippen LogP contribution in [-0.2, 0) is 10.1 Å². The van der Waals surface area contributed by atoms with E-state index in [1.807, 2.05) is 0 Å². The Labute approximate surface area is 117 Å². The fraction of sp³-hybridized carbons (Fsp3) is 0.133. The summed E-state index contributed by atoms with van der Waals surface area (Å²) < 4.78 is 33.1. The Morgan fingerprint density at radius 2 is 1.60 bits per heavy atom. The van der Waals surface area contributed by atoms with Crippen LogP contribution in [-0.4, -0.2) is 18.8 Å². The van der Waals surface area contributed by atoms with Crippen molar-refractivity contribution in [1.29, 1.82) is 0 Å². The van der Waals surface area contributed by atoms with Gasteiger partial charge in [0.1, 0.15) is 10.1 Å². The molecule has 0 radical (unpaired) electrons. The van der Waals surface area contributed by atoms with Crippen molar-refractivity contribution >= 4 is 15.9 Å². The summed E-state index contributed by atoms with van der Waals surface area (Å²) in [6.45, 7) is 1.31. The molecule has 104 valence electrons. The molecule has 0 bridgehead atoms. The van der Waals surface area contributed by atoms with Gasteiger partial charge >= 0.3 is 0 Å². The van der Waals surface area contributed by atoms with Crippen LogP contribution in [0.25, 0.3) is 0 Å². The summed E-state index contributed by atoms with van der Waals surface area (Å²) in [5.41, 5.74) is 1.20. The molecule has 2 aromatic carbocycles. The molecule has 2 aromatic rings. The number of hydrogen-bond acceptors (Lipinski definition) is 4. The molecule has 5 heteroatoms. The molecule has 0 aromatic heterocycles. The van der Waals surface area contributed by atoms with E-state index in [-0.39, 0.29) is 5.78 Å². The number of rotatable bonds is 4. The summed E-state index contributed by atoms with van der Waals surface area (Å²) in [6, 6.07) is 14.8. The van der Waals surface area contributed by atoms with Crippen LogP contribution in [0.3, 0.4) is 0 Å². The normalized spacial score (nSPS) is 12.9. The van der Waals surface area contributed by atoms with Gasteiger partial charge in [-0.15, -0.1) is 0 Å². The lowest BCUT2D eigenvalue weighted by molar-refractivity contribution is 0.103. The number of hydrogen-bond donors (Lipinski definition) is 0. The maximum atomic E-state index is 12.2. The fourth-order valence-electron chi connectivity index (χ4n) is 1.86. The zero-order valence-electron chi connectivity index (χ0n) is 10.8. The molecule has 20 heavy (non-hydrogen) atoms. The summed E-state index contributed by atoms with van der Waals surface area (Å²) >= 11 is 0. The molecule has 0 aliphatic carbocycles. The zero-order chi connectivity index (χ0) is 14.8. The van der Waals surface area contributed by atoms with Gasteiger partial charge in [-0.2, -0.15) is 0 Å². The van der Waals surface area contributed by atoms with E-state index >= 15 is 0 Å². The van der Waals surface area contributed by atoms with Gasteiger partial charge in [0.2, 0.25) is 0 Å². The lowest BCUT2D eigenvalue weighted by Gasteiger charge is -2.16. The van der Waals surface area contributed by atoms with Crippen LogP contribution in [0.15, 0.2) is 54.6 Å². The summed E-state index contributed by atoms with van der Waals surface area (Å²) in [6.07, 6.45) is 0. The first-order valence-electron chi connectivity index (χ1n) is 6.04. The minimum atomic E-state index is -4.42. The van der Waals surface area contributed by atoms with E-state index in [1.165, 1.54) is 19.1 Å². The van der Waals surface area contributed by atoms with Gasteiger partial charge in [0.25, 0.3) is 0 Å². The summed E-state index contributed by atoms with van der Waals surface area (Å²) in [4.78, 5) is 12.2. The van der Waals surface area contributed by atoms with E-state index in [9.17, 15) is 17.8 Å². The predicted molar refractivity (Wildman–Crippen MR) is 74.4 cm³/mol. The molecule has 0 spiro atoms. The Bertz CT molecular complexity index is 721. The molecule has 0 saturated carbocycles. The van der Waals surface area contributed by atoms with Crippen molar-refractivity contribution in [3.05, 3.63) is 71.3 Å². The van der Waals surface area contributed by atoms with Crippen LogP contribution < -0.4 is 0 Å². The predicted octanol–water partition coefficient (Wildman–Crippen LogP) is 2.52. The highest BCUT2D eigenvalue weighted by Crippen LogP contribution is 2.22. The number of benzene rings is 2. The first-order valence-corrected chi connectivity index (χ1v) is 7.51. The number of ketones is 1. The lowest BCUT2D eigenvalue weighted by atomic mass is 10.0. The first-order chi connectivity index (χ1) is 9.39. The van der Waals surface area contributed by atoms with E-state index in [0.717, 1.165) is 0 Å². The van der Waals surface area contributed by atoms with Crippen molar-refractivity contribution < 1.29 is 17.8 Å². The minimum absolute atomic E-state index is 0.206. The van der Waals surface area contributed by atoms with Crippen LogP contribution in [0.4, 0.5) is 0 Å². The molecule has 0 amide bonds. The van der Waals surface area contributed by atoms with Gasteiger partial charge in [0.15, 0.2) is 5.78 Å². The van der Waals surface area contributed by atoms with Crippen LogP contribution >= 0.6 is 0 Å². The standard InChI is InChI=1S/C15H14O4S/c1-11(20(17,18)19)13-8-5-9-14(10-13)15(16)12-6-3-2-4-7-12/h2-11H,1H3,(H,17,18,19)/p-1. The zero-order valence-corrected chi connectivity index (χ0v) is 11.6. The molecular formula is C15H13O4S-. The Morgan fingerprint density at radius 3 is 2.20 bits per heavy atom. The van der Waals surface area contributed by atoms with Gasteiger partial charge in [0, 0.05) is 11.1 Å².